The standard InChI is InChI=1S/C21H30N4O8S/c1-11(26)17(25-18(29)13(22)9-12-5-3-2-4-6-12)20(31)23-14(7-8-16(27)28)19(30)24-15(10-34)21(32)33/h2-6,11,13-15,17,26,34H,7-10,22H2,1H3,(H,23,31)(H,24,30)(H,25,29)(H,27,28)(H,32,33). The molecule has 5 atom stereocenters. The van der Waals surface area contributed by atoms with Crippen LogP contribution in [0.25, 0.3) is 0 Å². The molecular weight excluding hydrogens is 468 g/mol. The molecule has 0 spiro atoms. The van der Waals surface area contributed by atoms with Crippen molar-refractivity contribution in [2.75, 3.05) is 5.75 Å². The van der Waals surface area contributed by atoms with Crippen LogP contribution in [0.3, 0.4) is 0 Å². The number of hydrogen-bond donors (Lipinski definition) is 8. The van der Waals surface area contributed by atoms with Crippen molar-refractivity contribution in [3.8, 4) is 0 Å². The van der Waals surface area contributed by atoms with E-state index in [9.17, 15) is 29.1 Å². The van der Waals surface area contributed by atoms with Gasteiger partial charge in [0, 0.05) is 12.2 Å². The number of carbonyl (C=O) groups excluding carboxylic acids is 3. The van der Waals surface area contributed by atoms with E-state index in [1.54, 1.807) is 30.3 Å². The van der Waals surface area contributed by atoms with Crippen LogP contribution < -0.4 is 21.7 Å². The Morgan fingerprint density at radius 1 is 0.941 bits per heavy atom. The molecule has 1 aromatic carbocycles. The predicted octanol–water partition coefficient (Wildman–Crippen LogP) is -1.73. The Hall–Kier alpha value is -3.16. The zero-order valence-corrected chi connectivity index (χ0v) is 19.4. The third-order valence-electron chi connectivity index (χ3n) is 4.77. The minimum absolute atomic E-state index is 0.171. The van der Waals surface area contributed by atoms with Crippen molar-refractivity contribution in [3.63, 3.8) is 0 Å². The van der Waals surface area contributed by atoms with Crippen molar-refractivity contribution in [2.45, 2.75) is 56.5 Å². The van der Waals surface area contributed by atoms with Gasteiger partial charge in [0.2, 0.25) is 17.7 Å². The van der Waals surface area contributed by atoms with Gasteiger partial charge in [0.25, 0.3) is 0 Å². The first-order valence-electron chi connectivity index (χ1n) is 10.4. The molecule has 0 heterocycles. The molecule has 0 fully saturated rings. The maximum absolute atomic E-state index is 12.8. The van der Waals surface area contributed by atoms with E-state index in [1.165, 1.54) is 6.92 Å². The Kier molecular flexibility index (Phi) is 12.0. The van der Waals surface area contributed by atoms with E-state index in [4.69, 9.17) is 15.9 Å². The van der Waals surface area contributed by atoms with Gasteiger partial charge >= 0.3 is 11.9 Å². The lowest BCUT2D eigenvalue weighted by atomic mass is 10.0. The molecule has 8 N–H and O–H groups in total. The normalized spacial score (nSPS) is 15.2. The lowest BCUT2D eigenvalue weighted by Gasteiger charge is -2.26. The van der Waals surface area contributed by atoms with Crippen LogP contribution in [0.4, 0.5) is 0 Å². The predicted molar refractivity (Wildman–Crippen MR) is 124 cm³/mol. The zero-order chi connectivity index (χ0) is 25.8. The molecule has 1 rings (SSSR count). The lowest BCUT2D eigenvalue weighted by Crippen LogP contribution is -2.60. The number of carboxylic acids is 2. The first kappa shape index (κ1) is 28.9. The number of aliphatic hydroxyl groups is 1. The highest BCUT2D eigenvalue weighted by molar-refractivity contribution is 7.80. The Morgan fingerprint density at radius 2 is 1.53 bits per heavy atom. The van der Waals surface area contributed by atoms with Crippen LogP contribution in [0.1, 0.15) is 25.3 Å². The van der Waals surface area contributed by atoms with Gasteiger partial charge in [-0.1, -0.05) is 30.3 Å². The average Bonchev–Trinajstić information content (AvgIpc) is 2.77. The van der Waals surface area contributed by atoms with Crippen LogP contribution in [0.5, 0.6) is 0 Å². The van der Waals surface area contributed by atoms with Crippen LogP contribution >= 0.6 is 12.6 Å². The number of carboxylic acid groups (broad SMARTS) is 2. The zero-order valence-electron chi connectivity index (χ0n) is 18.5. The molecular formula is C21H30N4O8S. The summed E-state index contributed by atoms with van der Waals surface area (Å²) in [6.07, 6.45) is -2.09. The fourth-order valence-corrected chi connectivity index (χ4v) is 3.13. The first-order chi connectivity index (χ1) is 16.0. The van der Waals surface area contributed by atoms with Gasteiger partial charge in [-0.2, -0.15) is 12.6 Å². The molecule has 0 saturated carbocycles. The van der Waals surface area contributed by atoms with Crippen LogP contribution in [0.2, 0.25) is 0 Å². The second-order valence-electron chi connectivity index (χ2n) is 7.60. The van der Waals surface area contributed by atoms with Gasteiger partial charge in [0.15, 0.2) is 0 Å². The average molecular weight is 499 g/mol. The summed E-state index contributed by atoms with van der Waals surface area (Å²) < 4.78 is 0. The van der Waals surface area contributed by atoms with Crippen molar-refractivity contribution in [1.82, 2.24) is 16.0 Å². The van der Waals surface area contributed by atoms with Crippen LogP contribution in [0, 0.1) is 0 Å². The third kappa shape index (κ3) is 9.77. The summed E-state index contributed by atoms with van der Waals surface area (Å²) in [6.45, 7) is 1.24. The van der Waals surface area contributed by atoms with E-state index in [1.807, 2.05) is 0 Å². The molecule has 0 aliphatic heterocycles. The number of nitrogens with two attached hydrogens (primary N) is 1. The number of aliphatic hydroxyl groups excluding tert-OH is 1. The van der Waals surface area contributed by atoms with E-state index in [-0.39, 0.29) is 18.6 Å². The fraction of sp³-hybridized carbons (Fsp3) is 0.476. The molecule has 0 saturated heterocycles. The maximum Gasteiger partial charge on any atom is 0.327 e. The molecule has 1 aromatic rings. The monoisotopic (exact) mass is 498 g/mol. The first-order valence-corrected chi connectivity index (χ1v) is 11.0. The molecule has 5 unspecified atom stereocenters. The largest absolute Gasteiger partial charge is 0.481 e. The number of thiol groups is 1. The van der Waals surface area contributed by atoms with E-state index in [0.29, 0.717) is 0 Å². The van der Waals surface area contributed by atoms with Gasteiger partial charge in [0.1, 0.15) is 18.1 Å². The highest BCUT2D eigenvalue weighted by Crippen LogP contribution is 2.05. The minimum atomic E-state index is -1.50. The maximum atomic E-state index is 12.8. The summed E-state index contributed by atoms with van der Waals surface area (Å²) in [5.41, 5.74) is 6.69. The SMILES string of the molecule is CC(O)C(NC(=O)C(N)Cc1ccccc1)C(=O)NC(CCC(=O)O)C(=O)NC(CS)C(=O)O. The van der Waals surface area contributed by atoms with E-state index in [0.717, 1.165) is 5.56 Å². The molecule has 0 bridgehead atoms. The summed E-state index contributed by atoms with van der Waals surface area (Å²) in [4.78, 5) is 59.9. The molecule has 34 heavy (non-hydrogen) atoms. The van der Waals surface area contributed by atoms with E-state index in [2.05, 4.69) is 28.6 Å². The quantitative estimate of drug-likeness (QED) is 0.137. The summed E-state index contributed by atoms with van der Waals surface area (Å²) in [6, 6.07) is 3.54. The molecule has 0 radical (unpaired) electrons. The highest BCUT2D eigenvalue weighted by Gasteiger charge is 2.32. The van der Waals surface area contributed by atoms with Crippen LogP contribution in [0.15, 0.2) is 30.3 Å². The summed E-state index contributed by atoms with van der Waals surface area (Å²) in [7, 11) is 0. The summed E-state index contributed by atoms with van der Waals surface area (Å²) in [5.74, 6) is -5.51. The van der Waals surface area contributed by atoms with Crippen molar-refractivity contribution >= 4 is 42.3 Å². The van der Waals surface area contributed by atoms with Gasteiger partial charge in [-0.15, -0.1) is 0 Å². The number of carbonyl (C=O) groups is 5. The van der Waals surface area contributed by atoms with Crippen LogP contribution in [-0.4, -0.2) is 81.0 Å². The molecule has 12 nitrogen and oxygen atoms in total. The van der Waals surface area contributed by atoms with Gasteiger partial charge in [-0.25, -0.2) is 4.79 Å². The second kappa shape index (κ2) is 14.2. The Labute approximate surface area is 201 Å². The molecule has 188 valence electrons. The molecule has 0 aromatic heterocycles. The third-order valence-corrected chi connectivity index (χ3v) is 5.14. The highest BCUT2D eigenvalue weighted by atomic mass is 32.1. The van der Waals surface area contributed by atoms with Gasteiger partial charge in [-0.05, 0) is 25.3 Å². The minimum Gasteiger partial charge on any atom is -0.481 e. The van der Waals surface area contributed by atoms with Crippen molar-refractivity contribution in [1.29, 1.82) is 0 Å². The molecule has 0 aliphatic carbocycles. The smallest absolute Gasteiger partial charge is 0.327 e. The van der Waals surface area contributed by atoms with Gasteiger partial charge < -0.3 is 37.0 Å². The lowest BCUT2D eigenvalue weighted by molar-refractivity contribution is -0.142. The number of nitrogens with one attached hydrogen (secondary N) is 3. The van der Waals surface area contributed by atoms with Crippen molar-refractivity contribution in [3.05, 3.63) is 35.9 Å². The van der Waals surface area contributed by atoms with E-state index >= 15 is 0 Å². The topological polar surface area (TPSA) is 208 Å². The number of amides is 3. The van der Waals surface area contributed by atoms with Crippen molar-refractivity contribution < 1.29 is 39.3 Å². The van der Waals surface area contributed by atoms with Crippen molar-refractivity contribution in [2.24, 2.45) is 5.73 Å². The molecule has 3 amide bonds. The number of benzene rings is 1. The number of hydrogen-bond acceptors (Lipinski definition) is 8. The molecule has 13 heteroatoms. The van der Waals surface area contributed by atoms with Gasteiger partial charge in [0.05, 0.1) is 12.1 Å². The molecule has 0 aliphatic rings. The summed E-state index contributed by atoms with van der Waals surface area (Å²) in [5, 5.41) is 34.8. The van der Waals surface area contributed by atoms with Gasteiger partial charge in [-0.3, -0.25) is 19.2 Å². The Balaban J connectivity index is 2.91. The van der Waals surface area contributed by atoms with Crippen LogP contribution in [-0.2, 0) is 30.4 Å². The Morgan fingerprint density at radius 3 is 2.03 bits per heavy atom. The number of rotatable bonds is 14. The fourth-order valence-electron chi connectivity index (χ4n) is 2.88. The summed E-state index contributed by atoms with van der Waals surface area (Å²) >= 11 is 3.84. The second-order valence-corrected chi connectivity index (χ2v) is 7.96. The number of aliphatic carboxylic acids is 2. The Bertz CT molecular complexity index is 868. The van der Waals surface area contributed by atoms with E-state index < -0.39 is 66.4 Å².